The fourth-order valence-electron chi connectivity index (χ4n) is 1.19. The molecule has 0 bridgehead atoms. The van der Waals surface area contributed by atoms with Gasteiger partial charge in [0, 0.05) is 18.7 Å². The van der Waals surface area contributed by atoms with Crippen LogP contribution in [0.1, 0.15) is 26.5 Å². The van der Waals surface area contributed by atoms with Crippen LogP contribution in [0.5, 0.6) is 0 Å². The molecule has 0 aliphatic rings. The van der Waals surface area contributed by atoms with E-state index in [9.17, 15) is 4.79 Å². The van der Waals surface area contributed by atoms with Gasteiger partial charge >= 0.3 is 6.09 Å². The summed E-state index contributed by atoms with van der Waals surface area (Å²) in [6.07, 6.45) is 1.18. The largest absolute Gasteiger partial charge is 0.433 e. The molecule has 0 unspecified atom stereocenters. The molecule has 1 N–H and O–H groups in total. The summed E-state index contributed by atoms with van der Waals surface area (Å²) < 4.78 is 1.61. The lowest BCUT2D eigenvalue weighted by Crippen LogP contribution is -2.30. The number of nitrogens with one attached hydrogen (secondary N) is 1. The molecule has 6 nitrogen and oxygen atoms in total. The number of aromatic nitrogens is 2. The number of rotatable bonds is 1. The van der Waals surface area contributed by atoms with Crippen molar-refractivity contribution in [3.05, 3.63) is 18.0 Å². The molecule has 6 heteroatoms. The van der Waals surface area contributed by atoms with Gasteiger partial charge in [0.15, 0.2) is 5.84 Å². The zero-order chi connectivity index (χ0) is 13.1. The Morgan fingerprint density at radius 2 is 2.18 bits per heavy atom. The molecule has 0 aliphatic heterocycles. The Labute approximate surface area is 101 Å². The third kappa shape index (κ3) is 3.58. The predicted molar refractivity (Wildman–Crippen MR) is 64.8 cm³/mol. The lowest BCUT2D eigenvalue weighted by atomic mass is 9.95. The average molecular weight is 238 g/mol. The van der Waals surface area contributed by atoms with Gasteiger partial charge in [-0.05, 0) is 13.0 Å². The second-order valence-corrected chi connectivity index (χ2v) is 4.70. The van der Waals surface area contributed by atoms with Crippen LogP contribution in [0, 0.1) is 12.3 Å². The molecule has 0 aliphatic carbocycles. The first kappa shape index (κ1) is 13.2. The van der Waals surface area contributed by atoms with E-state index < -0.39 is 6.09 Å². The molecular formula is C11H18N4O2. The number of carbonyl (C=O) groups is 1. The van der Waals surface area contributed by atoms with Crippen molar-refractivity contribution in [3.8, 4) is 0 Å². The van der Waals surface area contributed by atoms with Crippen molar-refractivity contribution in [1.29, 1.82) is 0 Å². The molecule has 1 rings (SSSR count). The lowest BCUT2D eigenvalue weighted by Gasteiger charge is -2.20. The first-order valence-corrected chi connectivity index (χ1v) is 5.34. The monoisotopic (exact) mass is 238 g/mol. The highest BCUT2D eigenvalue weighted by molar-refractivity contribution is 5.88. The molecule has 0 aromatic carbocycles. The van der Waals surface area contributed by atoms with Crippen molar-refractivity contribution in [2.45, 2.75) is 27.7 Å². The van der Waals surface area contributed by atoms with E-state index in [-0.39, 0.29) is 5.41 Å². The van der Waals surface area contributed by atoms with Gasteiger partial charge in [0.05, 0.1) is 5.69 Å². The number of hydrogen-bond acceptors (Lipinski definition) is 4. The quantitative estimate of drug-likeness (QED) is 0.351. The van der Waals surface area contributed by atoms with Crippen LogP contribution in [-0.2, 0) is 4.84 Å². The minimum absolute atomic E-state index is 0.285. The van der Waals surface area contributed by atoms with Crippen LogP contribution >= 0.6 is 0 Å². The first-order chi connectivity index (χ1) is 7.84. The van der Waals surface area contributed by atoms with Crippen molar-refractivity contribution in [2.75, 3.05) is 7.05 Å². The highest BCUT2D eigenvalue weighted by Crippen LogP contribution is 2.17. The van der Waals surface area contributed by atoms with Gasteiger partial charge in [-0.3, -0.25) is 4.84 Å². The summed E-state index contributed by atoms with van der Waals surface area (Å²) in [6.45, 7) is 7.79. The van der Waals surface area contributed by atoms with Crippen LogP contribution in [0.3, 0.4) is 0 Å². The van der Waals surface area contributed by atoms with Crippen LogP contribution in [0.4, 0.5) is 4.79 Å². The molecule has 1 aromatic rings. The van der Waals surface area contributed by atoms with E-state index in [0.29, 0.717) is 5.84 Å². The van der Waals surface area contributed by atoms with Crippen LogP contribution in [-0.4, -0.2) is 28.8 Å². The number of amides is 1. The molecule has 17 heavy (non-hydrogen) atoms. The van der Waals surface area contributed by atoms with E-state index >= 15 is 0 Å². The van der Waals surface area contributed by atoms with E-state index in [0.717, 1.165) is 5.69 Å². The normalized spacial score (nSPS) is 12.4. The topological polar surface area (TPSA) is 68.5 Å². The Kier molecular flexibility index (Phi) is 3.88. The van der Waals surface area contributed by atoms with Crippen molar-refractivity contribution in [2.24, 2.45) is 10.6 Å². The fraction of sp³-hybridized carbons (Fsp3) is 0.545. The molecule has 0 radical (unpaired) electrons. The maximum atomic E-state index is 11.0. The average Bonchev–Trinajstić information content (AvgIpc) is 2.62. The van der Waals surface area contributed by atoms with Crippen LogP contribution in [0.15, 0.2) is 17.4 Å². The zero-order valence-electron chi connectivity index (χ0n) is 10.8. The summed E-state index contributed by atoms with van der Waals surface area (Å²) in [5.41, 5.74) is 0.592. The highest BCUT2D eigenvalue weighted by atomic mass is 16.7. The van der Waals surface area contributed by atoms with E-state index in [2.05, 4.69) is 15.6 Å². The van der Waals surface area contributed by atoms with E-state index in [4.69, 9.17) is 4.84 Å². The number of aryl methyl sites for hydroxylation is 1. The highest BCUT2D eigenvalue weighted by Gasteiger charge is 2.23. The smallest absolute Gasteiger partial charge is 0.323 e. The number of hydrogen-bond donors (Lipinski definition) is 1. The van der Waals surface area contributed by atoms with Crippen molar-refractivity contribution in [1.82, 2.24) is 15.1 Å². The summed E-state index contributed by atoms with van der Waals surface area (Å²) in [5.74, 6) is 0.564. The van der Waals surface area contributed by atoms with Gasteiger partial charge < -0.3 is 5.32 Å². The van der Waals surface area contributed by atoms with E-state index in [1.165, 1.54) is 7.05 Å². The molecule has 0 spiro atoms. The standard InChI is InChI=1S/C11H18N4O2/c1-8-6-7-15(13-8)9(11(2,3)4)14-17-10(16)12-5/h6-7H,1-5H3,(H,12,16). The van der Waals surface area contributed by atoms with Gasteiger partial charge in [-0.15, -0.1) is 0 Å². The van der Waals surface area contributed by atoms with Crippen molar-refractivity contribution >= 4 is 11.9 Å². The van der Waals surface area contributed by atoms with Crippen LogP contribution in [0.2, 0.25) is 0 Å². The molecule has 94 valence electrons. The summed E-state index contributed by atoms with van der Waals surface area (Å²) in [4.78, 5) is 15.7. The summed E-state index contributed by atoms with van der Waals surface area (Å²) >= 11 is 0. The van der Waals surface area contributed by atoms with Gasteiger partial charge in [0.1, 0.15) is 0 Å². The number of oxime groups is 1. The Hall–Kier alpha value is -1.85. The third-order valence-corrected chi connectivity index (χ3v) is 2.03. The number of carbonyl (C=O) groups excluding carboxylic acids is 1. The second-order valence-electron chi connectivity index (χ2n) is 4.70. The molecular weight excluding hydrogens is 220 g/mol. The SMILES string of the molecule is CNC(=O)ON=C(n1ccc(C)n1)C(C)(C)C. The third-order valence-electron chi connectivity index (χ3n) is 2.03. The lowest BCUT2D eigenvalue weighted by molar-refractivity contribution is 0.151. The van der Waals surface area contributed by atoms with Crippen molar-refractivity contribution in [3.63, 3.8) is 0 Å². The minimum atomic E-state index is -0.601. The predicted octanol–water partition coefficient (Wildman–Crippen LogP) is 1.76. The Bertz CT molecular complexity index is 429. The summed E-state index contributed by atoms with van der Waals surface area (Å²) in [6, 6.07) is 1.86. The maximum absolute atomic E-state index is 11.0. The van der Waals surface area contributed by atoms with Gasteiger partial charge in [0.2, 0.25) is 0 Å². The Morgan fingerprint density at radius 1 is 1.53 bits per heavy atom. The molecule has 0 atom stereocenters. The molecule has 0 saturated carbocycles. The fourth-order valence-corrected chi connectivity index (χ4v) is 1.19. The molecule has 0 saturated heterocycles. The Morgan fingerprint density at radius 3 is 2.59 bits per heavy atom. The molecule has 1 aromatic heterocycles. The van der Waals surface area contributed by atoms with E-state index in [1.807, 2.05) is 33.8 Å². The van der Waals surface area contributed by atoms with Crippen LogP contribution in [0.25, 0.3) is 0 Å². The minimum Gasteiger partial charge on any atom is -0.323 e. The second kappa shape index (κ2) is 4.99. The van der Waals surface area contributed by atoms with Gasteiger partial charge in [-0.1, -0.05) is 25.9 Å². The van der Waals surface area contributed by atoms with Gasteiger partial charge in [0.25, 0.3) is 0 Å². The maximum Gasteiger partial charge on any atom is 0.433 e. The zero-order valence-corrected chi connectivity index (χ0v) is 10.8. The molecule has 1 heterocycles. The summed E-state index contributed by atoms with van der Waals surface area (Å²) in [7, 11) is 1.48. The van der Waals surface area contributed by atoms with Gasteiger partial charge in [-0.25, -0.2) is 9.48 Å². The van der Waals surface area contributed by atoms with Gasteiger partial charge in [-0.2, -0.15) is 5.10 Å². The molecule has 1 amide bonds. The Balaban J connectivity index is 3.01. The number of nitrogens with zero attached hydrogens (tertiary/aromatic N) is 3. The molecule has 0 fully saturated rings. The van der Waals surface area contributed by atoms with E-state index in [1.54, 1.807) is 10.9 Å². The summed E-state index contributed by atoms with van der Waals surface area (Å²) in [5, 5.41) is 10.4. The van der Waals surface area contributed by atoms with Crippen LogP contribution < -0.4 is 5.32 Å². The first-order valence-electron chi connectivity index (χ1n) is 5.34. The van der Waals surface area contributed by atoms with Crippen molar-refractivity contribution < 1.29 is 9.63 Å².